The minimum atomic E-state index is -0.745. The number of rotatable bonds is 2. The Morgan fingerprint density at radius 2 is 1.50 bits per heavy atom. The quantitative estimate of drug-likeness (QED) is 0.792. The van der Waals surface area contributed by atoms with E-state index in [4.69, 9.17) is 0 Å². The lowest BCUT2D eigenvalue weighted by Gasteiger charge is -1.95. The van der Waals surface area contributed by atoms with Crippen LogP contribution in [0.3, 0.4) is 0 Å². The molecule has 88 valence electrons. The van der Waals surface area contributed by atoms with Gasteiger partial charge in [-0.2, -0.15) is 0 Å². The van der Waals surface area contributed by atoms with Gasteiger partial charge in [0.05, 0.1) is 0 Å². The first-order valence-electron chi connectivity index (χ1n) is 5.82. The molecule has 0 aromatic heterocycles. The van der Waals surface area contributed by atoms with E-state index in [1.165, 1.54) is 0 Å². The minimum Gasteiger partial charge on any atom is -0.377 e. The molecule has 0 amide bonds. The molecule has 0 heterocycles. The molecule has 0 saturated carbocycles. The summed E-state index contributed by atoms with van der Waals surface area (Å²) < 4.78 is 0. The van der Waals surface area contributed by atoms with Gasteiger partial charge in [-0.15, -0.1) is 0 Å². The van der Waals surface area contributed by atoms with Crippen LogP contribution in [-0.4, -0.2) is 11.2 Å². The average Bonchev–Trinajstić information content (AvgIpc) is 2.45. The van der Waals surface area contributed by atoms with Crippen molar-refractivity contribution in [2.45, 2.75) is 6.10 Å². The molecule has 0 bridgehead atoms. The zero-order valence-electron chi connectivity index (χ0n) is 9.95. The van der Waals surface area contributed by atoms with Crippen LogP contribution in [-0.2, 0) is 0 Å². The maximum Gasteiger partial charge on any atom is 0.134 e. The third kappa shape index (κ3) is 3.93. The van der Waals surface area contributed by atoms with E-state index in [-0.39, 0.29) is 0 Å². The molecule has 0 aliphatic rings. The fraction of sp³-hybridized carbons (Fsp3) is 0.0588. The van der Waals surface area contributed by atoms with Gasteiger partial charge in [-0.3, -0.25) is 0 Å². The van der Waals surface area contributed by atoms with E-state index >= 15 is 0 Å². The summed E-state index contributed by atoms with van der Waals surface area (Å²) in [5.41, 5.74) is 1.96. The van der Waals surface area contributed by atoms with E-state index in [9.17, 15) is 5.11 Å². The van der Waals surface area contributed by atoms with Crippen LogP contribution >= 0.6 is 0 Å². The largest absolute Gasteiger partial charge is 0.377 e. The number of aliphatic hydroxyl groups excluding tert-OH is 1. The summed E-state index contributed by atoms with van der Waals surface area (Å²) in [7, 11) is 0. The van der Waals surface area contributed by atoms with Crippen molar-refractivity contribution in [2.24, 2.45) is 0 Å². The molecule has 2 aromatic carbocycles. The molecule has 1 nitrogen and oxygen atoms in total. The van der Waals surface area contributed by atoms with E-state index < -0.39 is 6.10 Å². The van der Waals surface area contributed by atoms with Crippen LogP contribution < -0.4 is 0 Å². The molecule has 0 aliphatic heterocycles. The zero-order chi connectivity index (χ0) is 12.6. The molecule has 2 aromatic rings. The molecule has 0 spiro atoms. The summed E-state index contributed by atoms with van der Waals surface area (Å²) >= 11 is 0. The van der Waals surface area contributed by atoms with Crippen molar-refractivity contribution < 1.29 is 5.11 Å². The highest BCUT2D eigenvalue weighted by Crippen LogP contribution is 2.02. The van der Waals surface area contributed by atoms with Crippen molar-refractivity contribution in [2.75, 3.05) is 0 Å². The third-order valence-electron chi connectivity index (χ3n) is 2.41. The number of benzene rings is 2. The van der Waals surface area contributed by atoms with Crippen molar-refractivity contribution in [3.05, 3.63) is 77.9 Å². The van der Waals surface area contributed by atoms with Crippen molar-refractivity contribution in [3.8, 4) is 11.8 Å². The van der Waals surface area contributed by atoms with Gasteiger partial charge in [-0.05, 0) is 23.8 Å². The van der Waals surface area contributed by atoms with E-state index in [0.717, 1.165) is 11.1 Å². The van der Waals surface area contributed by atoms with Crippen LogP contribution in [0.15, 0.2) is 66.7 Å². The standard InChI is InChI=1S/C17H14O/c18-17(13-11-15-7-3-1-4-8-15)14-12-16-9-5-2-6-10-16/h1-11,13,17-18H. The fourth-order valence-electron chi connectivity index (χ4n) is 1.49. The highest BCUT2D eigenvalue weighted by molar-refractivity contribution is 5.50. The summed E-state index contributed by atoms with van der Waals surface area (Å²) in [4.78, 5) is 0. The highest BCUT2D eigenvalue weighted by Gasteiger charge is 1.91. The summed E-state index contributed by atoms with van der Waals surface area (Å²) in [6.07, 6.45) is 2.81. The van der Waals surface area contributed by atoms with E-state index in [0.29, 0.717) is 0 Å². The predicted molar refractivity (Wildman–Crippen MR) is 74.8 cm³/mol. The SMILES string of the molecule is OC(C#Cc1ccccc1)C=Cc1ccccc1. The Balaban J connectivity index is 2.00. The Morgan fingerprint density at radius 3 is 2.17 bits per heavy atom. The van der Waals surface area contributed by atoms with Crippen LogP contribution in [0.5, 0.6) is 0 Å². The number of hydrogen-bond acceptors (Lipinski definition) is 1. The Labute approximate surface area is 107 Å². The van der Waals surface area contributed by atoms with Gasteiger partial charge in [0.2, 0.25) is 0 Å². The monoisotopic (exact) mass is 234 g/mol. The molecule has 0 fully saturated rings. The van der Waals surface area contributed by atoms with Crippen LogP contribution in [0.4, 0.5) is 0 Å². The predicted octanol–water partition coefficient (Wildman–Crippen LogP) is 3.11. The summed E-state index contributed by atoms with van der Waals surface area (Å²) in [5.74, 6) is 5.72. The van der Waals surface area contributed by atoms with Crippen molar-refractivity contribution in [1.82, 2.24) is 0 Å². The van der Waals surface area contributed by atoms with Gasteiger partial charge >= 0.3 is 0 Å². The second-order valence-electron chi connectivity index (χ2n) is 3.85. The van der Waals surface area contributed by atoms with Gasteiger partial charge in [-0.25, -0.2) is 0 Å². The van der Waals surface area contributed by atoms with E-state index in [1.807, 2.05) is 66.7 Å². The number of aliphatic hydroxyl groups is 1. The van der Waals surface area contributed by atoms with Crippen molar-refractivity contribution >= 4 is 6.08 Å². The lowest BCUT2D eigenvalue weighted by Crippen LogP contribution is -1.96. The summed E-state index contributed by atoms with van der Waals surface area (Å²) in [6, 6.07) is 19.5. The molecule has 0 radical (unpaired) electrons. The Bertz CT molecular complexity index is 559. The van der Waals surface area contributed by atoms with Crippen LogP contribution in [0.2, 0.25) is 0 Å². The van der Waals surface area contributed by atoms with Crippen molar-refractivity contribution in [3.63, 3.8) is 0 Å². The van der Waals surface area contributed by atoms with Gasteiger partial charge in [0, 0.05) is 5.56 Å². The molecule has 1 heteroatoms. The first-order chi connectivity index (χ1) is 8.84. The summed E-state index contributed by atoms with van der Waals surface area (Å²) in [6.45, 7) is 0. The summed E-state index contributed by atoms with van der Waals surface area (Å²) in [5, 5.41) is 9.71. The Kier molecular flexibility index (Phi) is 4.35. The maximum atomic E-state index is 9.71. The van der Waals surface area contributed by atoms with Crippen LogP contribution in [0, 0.1) is 11.8 Å². The zero-order valence-corrected chi connectivity index (χ0v) is 9.95. The lowest BCUT2D eigenvalue weighted by molar-refractivity contribution is 0.281. The van der Waals surface area contributed by atoms with E-state index in [1.54, 1.807) is 6.08 Å². The van der Waals surface area contributed by atoms with Gasteiger partial charge in [0.1, 0.15) is 6.10 Å². The van der Waals surface area contributed by atoms with Gasteiger partial charge < -0.3 is 5.11 Å². The molecular weight excluding hydrogens is 220 g/mol. The second-order valence-corrected chi connectivity index (χ2v) is 3.85. The molecular formula is C17H14O. The van der Waals surface area contributed by atoms with Crippen LogP contribution in [0.25, 0.3) is 6.08 Å². The average molecular weight is 234 g/mol. The topological polar surface area (TPSA) is 20.2 Å². The first-order valence-corrected chi connectivity index (χ1v) is 5.82. The first kappa shape index (κ1) is 12.2. The number of hydrogen-bond donors (Lipinski definition) is 1. The molecule has 1 unspecified atom stereocenters. The smallest absolute Gasteiger partial charge is 0.134 e. The van der Waals surface area contributed by atoms with Gasteiger partial charge in [-0.1, -0.05) is 66.4 Å². The lowest BCUT2D eigenvalue weighted by atomic mass is 10.2. The molecule has 0 saturated heterocycles. The fourth-order valence-corrected chi connectivity index (χ4v) is 1.49. The molecule has 1 N–H and O–H groups in total. The Morgan fingerprint density at radius 1 is 0.889 bits per heavy atom. The Hall–Kier alpha value is -2.30. The third-order valence-corrected chi connectivity index (χ3v) is 2.41. The van der Waals surface area contributed by atoms with Crippen molar-refractivity contribution in [1.29, 1.82) is 0 Å². The highest BCUT2D eigenvalue weighted by atomic mass is 16.3. The molecule has 18 heavy (non-hydrogen) atoms. The molecule has 0 aliphatic carbocycles. The molecule has 2 rings (SSSR count). The van der Waals surface area contributed by atoms with Gasteiger partial charge in [0.15, 0.2) is 0 Å². The normalized spacial score (nSPS) is 11.8. The second kappa shape index (κ2) is 6.44. The molecule has 1 atom stereocenters. The maximum absolute atomic E-state index is 9.71. The minimum absolute atomic E-state index is 0.745. The van der Waals surface area contributed by atoms with E-state index in [2.05, 4.69) is 11.8 Å². The van der Waals surface area contributed by atoms with Crippen LogP contribution in [0.1, 0.15) is 11.1 Å². The van der Waals surface area contributed by atoms with Gasteiger partial charge in [0.25, 0.3) is 0 Å².